The molecule has 2 heterocycles. The van der Waals surface area contributed by atoms with Crippen LogP contribution in [0.5, 0.6) is 0 Å². The highest BCUT2D eigenvalue weighted by Crippen LogP contribution is 2.19. The molecule has 2 aliphatic rings. The number of nitrogens with one attached hydrogen (secondary N) is 2. The summed E-state index contributed by atoms with van der Waals surface area (Å²) in [7, 11) is 0. The van der Waals surface area contributed by atoms with Gasteiger partial charge in [0, 0.05) is 31.4 Å². The van der Waals surface area contributed by atoms with Crippen LogP contribution in [0.1, 0.15) is 13.8 Å². The van der Waals surface area contributed by atoms with Crippen molar-refractivity contribution in [2.24, 2.45) is 0 Å². The third-order valence-electron chi connectivity index (χ3n) is 5.37. The van der Waals surface area contributed by atoms with Crippen LogP contribution in [0.4, 0.5) is 11.4 Å². The predicted molar refractivity (Wildman–Crippen MR) is 101 cm³/mol. The molecule has 2 fully saturated rings. The predicted octanol–water partition coefficient (Wildman–Crippen LogP) is -0.403. The number of carbonyl (C=O) groups is 2. The molecule has 0 aliphatic carbocycles. The van der Waals surface area contributed by atoms with Gasteiger partial charge in [-0.15, -0.1) is 0 Å². The van der Waals surface area contributed by atoms with E-state index in [2.05, 4.69) is 10.2 Å². The van der Waals surface area contributed by atoms with E-state index in [4.69, 9.17) is 4.74 Å². The summed E-state index contributed by atoms with van der Waals surface area (Å²) in [6.45, 7) is 9.93. The lowest BCUT2D eigenvalue weighted by Gasteiger charge is -2.34. The number of carbonyl (C=O) groups excluding carboxylic acids is 2. The molecule has 2 aliphatic heterocycles. The standard InChI is InChI=1S/C19H28N4O3/c1-15(21-7-9-22(10-8-21)16(2)24)19(25)20-17-3-5-18(6-4-17)23-11-13-26-14-12-23/h3-6,15H,7-14H2,1-2H3,(H,20,25)/p+1/t15-/m0/s1. The lowest BCUT2D eigenvalue weighted by molar-refractivity contribution is -0.917. The number of ether oxygens (including phenoxy) is 1. The Bertz CT molecular complexity index is 620. The fraction of sp³-hybridized carbons (Fsp3) is 0.579. The van der Waals surface area contributed by atoms with Crippen molar-refractivity contribution in [3.63, 3.8) is 0 Å². The molecular weight excluding hydrogens is 332 g/mol. The molecule has 7 heteroatoms. The molecule has 0 saturated carbocycles. The van der Waals surface area contributed by atoms with Crippen LogP contribution >= 0.6 is 0 Å². The summed E-state index contributed by atoms with van der Waals surface area (Å²) in [4.78, 5) is 29.4. The summed E-state index contributed by atoms with van der Waals surface area (Å²) < 4.78 is 5.38. The zero-order valence-electron chi connectivity index (χ0n) is 15.7. The SMILES string of the molecule is CC(=O)N1CC[NH+]([C@@H](C)C(=O)Nc2ccc(N3CCOCC3)cc2)CC1. The van der Waals surface area contributed by atoms with Gasteiger partial charge in [-0.3, -0.25) is 9.59 Å². The highest BCUT2D eigenvalue weighted by atomic mass is 16.5. The fourth-order valence-electron chi connectivity index (χ4n) is 3.55. The quantitative estimate of drug-likeness (QED) is 0.766. The van der Waals surface area contributed by atoms with Gasteiger partial charge in [-0.2, -0.15) is 0 Å². The number of hydrogen-bond acceptors (Lipinski definition) is 4. The first-order valence-corrected chi connectivity index (χ1v) is 9.38. The molecular formula is C19H29N4O3+. The maximum Gasteiger partial charge on any atom is 0.282 e. The first-order valence-electron chi connectivity index (χ1n) is 9.38. The molecule has 7 nitrogen and oxygen atoms in total. The Balaban J connectivity index is 1.51. The highest BCUT2D eigenvalue weighted by Gasteiger charge is 2.29. The zero-order chi connectivity index (χ0) is 18.5. The van der Waals surface area contributed by atoms with Crippen LogP contribution in [0.15, 0.2) is 24.3 Å². The van der Waals surface area contributed by atoms with E-state index in [1.54, 1.807) is 6.92 Å². The number of amides is 2. The molecule has 0 unspecified atom stereocenters. The number of anilines is 2. The Kier molecular flexibility index (Phi) is 6.11. The molecule has 142 valence electrons. The van der Waals surface area contributed by atoms with Crippen molar-refractivity contribution in [3.05, 3.63) is 24.3 Å². The van der Waals surface area contributed by atoms with E-state index in [1.807, 2.05) is 36.1 Å². The molecule has 2 N–H and O–H groups in total. The topological polar surface area (TPSA) is 66.3 Å². The van der Waals surface area contributed by atoms with Crippen molar-refractivity contribution in [1.29, 1.82) is 0 Å². The highest BCUT2D eigenvalue weighted by molar-refractivity contribution is 5.93. The van der Waals surface area contributed by atoms with Crippen LogP contribution in [0.2, 0.25) is 0 Å². The lowest BCUT2D eigenvalue weighted by atomic mass is 10.2. The smallest absolute Gasteiger partial charge is 0.282 e. The van der Waals surface area contributed by atoms with Gasteiger partial charge in [0.2, 0.25) is 5.91 Å². The second kappa shape index (κ2) is 8.51. The number of quaternary nitrogens is 1. The molecule has 0 radical (unpaired) electrons. The van der Waals surface area contributed by atoms with Gasteiger partial charge in [0.1, 0.15) is 0 Å². The normalized spacial score (nSPS) is 19.9. The Labute approximate surface area is 154 Å². The molecule has 0 bridgehead atoms. The number of hydrogen-bond donors (Lipinski definition) is 2. The molecule has 1 atom stereocenters. The minimum absolute atomic E-state index is 0.0235. The van der Waals surface area contributed by atoms with Gasteiger partial charge in [-0.05, 0) is 31.2 Å². The van der Waals surface area contributed by atoms with Gasteiger partial charge in [-0.25, -0.2) is 0 Å². The van der Waals surface area contributed by atoms with Gasteiger partial charge >= 0.3 is 0 Å². The Morgan fingerprint density at radius 3 is 2.27 bits per heavy atom. The summed E-state index contributed by atoms with van der Waals surface area (Å²) in [6, 6.07) is 7.87. The van der Waals surface area contributed by atoms with E-state index in [9.17, 15) is 9.59 Å². The van der Waals surface area contributed by atoms with E-state index in [-0.39, 0.29) is 17.9 Å². The van der Waals surface area contributed by atoms with Gasteiger partial charge in [0.05, 0.1) is 39.4 Å². The zero-order valence-corrected chi connectivity index (χ0v) is 15.7. The molecule has 0 aromatic heterocycles. The van der Waals surface area contributed by atoms with E-state index in [0.29, 0.717) is 0 Å². The van der Waals surface area contributed by atoms with E-state index in [1.165, 1.54) is 4.90 Å². The average Bonchev–Trinajstić information content (AvgIpc) is 2.68. The van der Waals surface area contributed by atoms with Crippen LogP contribution in [0.3, 0.4) is 0 Å². The number of piperazine rings is 1. The maximum absolute atomic E-state index is 12.6. The third-order valence-corrected chi connectivity index (χ3v) is 5.37. The molecule has 3 rings (SSSR count). The minimum Gasteiger partial charge on any atom is -0.378 e. The van der Waals surface area contributed by atoms with Gasteiger partial charge in [0.25, 0.3) is 5.91 Å². The first-order chi connectivity index (χ1) is 12.5. The number of rotatable bonds is 4. The third kappa shape index (κ3) is 4.53. The summed E-state index contributed by atoms with van der Waals surface area (Å²) in [6.07, 6.45) is 0. The molecule has 0 spiro atoms. The summed E-state index contributed by atoms with van der Waals surface area (Å²) >= 11 is 0. The molecule has 26 heavy (non-hydrogen) atoms. The molecule has 2 saturated heterocycles. The Hall–Kier alpha value is -2.12. The van der Waals surface area contributed by atoms with Crippen molar-refractivity contribution >= 4 is 23.2 Å². The van der Waals surface area contributed by atoms with Crippen molar-refractivity contribution in [3.8, 4) is 0 Å². The van der Waals surface area contributed by atoms with Crippen molar-refractivity contribution in [1.82, 2.24) is 4.90 Å². The first kappa shape index (κ1) is 18.7. The molecule has 1 aromatic carbocycles. The number of nitrogens with zero attached hydrogens (tertiary/aromatic N) is 2. The van der Waals surface area contributed by atoms with Crippen LogP contribution in [-0.2, 0) is 14.3 Å². The Morgan fingerprint density at radius 2 is 1.69 bits per heavy atom. The second-order valence-electron chi connectivity index (χ2n) is 7.02. The van der Waals surface area contributed by atoms with E-state index >= 15 is 0 Å². The number of morpholine rings is 1. The van der Waals surface area contributed by atoms with Crippen LogP contribution in [0, 0.1) is 0 Å². The average molecular weight is 361 g/mol. The monoisotopic (exact) mass is 361 g/mol. The van der Waals surface area contributed by atoms with Gasteiger partial charge in [-0.1, -0.05) is 0 Å². The fourth-order valence-corrected chi connectivity index (χ4v) is 3.55. The summed E-state index contributed by atoms with van der Waals surface area (Å²) in [5.41, 5.74) is 1.98. The minimum atomic E-state index is -0.136. The van der Waals surface area contributed by atoms with Crippen LogP contribution < -0.4 is 15.1 Å². The van der Waals surface area contributed by atoms with E-state index < -0.39 is 0 Å². The lowest BCUT2D eigenvalue weighted by Crippen LogP contribution is -3.19. The van der Waals surface area contributed by atoms with Crippen LogP contribution in [-0.4, -0.2) is 75.2 Å². The van der Waals surface area contributed by atoms with Gasteiger partial charge < -0.3 is 24.8 Å². The van der Waals surface area contributed by atoms with Crippen molar-refractivity contribution < 1.29 is 19.2 Å². The van der Waals surface area contributed by atoms with Gasteiger partial charge in [0.15, 0.2) is 6.04 Å². The molecule has 2 amide bonds. The van der Waals surface area contributed by atoms with Crippen LogP contribution in [0.25, 0.3) is 0 Å². The largest absolute Gasteiger partial charge is 0.378 e. The summed E-state index contributed by atoms with van der Waals surface area (Å²) in [5, 5.41) is 3.02. The second-order valence-corrected chi connectivity index (χ2v) is 7.02. The maximum atomic E-state index is 12.6. The number of benzene rings is 1. The summed E-state index contributed by atoms with van der Waals surface area (Å²) in [5.74, 6) is 0.136. The van der Waals surface area contributed by atoms with E-state index in [0.717, 1.165) is 63.9 Å². The Morgan fingerprint density at radius 1 is 1.08 bits per heavy atom. The van der Waals surface area contributed by atoms with Crippen molar-refractivity contribution in [2.45, 2.75) is 19.9 Å². The molecule has 1 aromatic rings. The van der Waals surface area contributed by atoms with Crippen molar-refractivity contribution in [2.75, 3.05) is 62.7 Å².